The molecule has 0 spiro atoms. The van der Waals surface area contributed by atoms with Gasteiger partial charge in [0, 0.05) is 44.2 Å². The topological polar surface area (TPSA) is 76.4 Å². The number of aryl methyl sites for hydroxylation is 2. The van der Waals surface area contributed by atoms with Crippen molar-refractivity contribution in [3.63, 3.8) is 0 Å². The van der Waals surface area contributed by atoms with Crippen LogP contribution in [0.25, 0.3) is 10.2 Å². The molecule has 8 nitrogen and oxygen atoms in total. The highest BCUT2D eigenvalue weighted by Gasteiger charge is 2.29. The van der Waals surface area contributed by atoms with Crippen LogP contribution in [0.5, 0.6) is 0 Å². The Bertz CT molecular complexity index is 1110. The number of carbonyl (C=O) groups is 1. The summed E-state index contributed by atoms with van der Waals surface area (Å²) < 4.78 is 8.41. The molecule has 4 heterocycles. The molecule has 3 aromatic rings. The monoisotopic (exact) mass is 460 g/mol. The van der Waals surface area contributed by atoms with Crippen LogP contribution in [0, 0.1) is 6.92 Å². The predicted molar refractivity (Wildman–Crippen MR) is 121 cm³/mol. The number of hydrogen-bond acceptors (Lipinski definition) is 7. The van der Waals surface area contributed by atoms with Gasteiger partial charge >= 0.3 is 0 Å². The maximum atomic E-state index is 13.6. The van der Waals surface area contributed by atoms with E-state index < -0.39 is 0 Å². The van der Waals surface area contributed by atoms with E-state index in [-0.39, 0.29) is 5.91 Å². The minimum atomic E-state index is -0.134. The molecule has 0 N–H and O–H groups in total. The van der Waals surface area contributed by atoms with Crippen LogP contribution < -0.4 is 4.90 Å². The molecule has 0 unspecified atom stereocenters. The van der Waals surface area contributed by atoms with E-state index >= 15 is 0 Å². The number of ether oxygens (including phenoxy) is 1. The van der Waals surface area contributed by atoms with E-state index in [4.69, 9.17) is 21.3 Å². The number of morpholine rings is 1. The summed E-state index contributed by atoms with van der Waals surface area (Å²) in [5.74, 6) is 1.17. The second-order valence-corrected chi connectivity index (χ2v) is 9.39. The van der Waals surface area contributed by atoms with Crippen LogP contribution in [0.15, 0.2) is 12.1 Å². The Hall–Kier alpha value is -2.07. The molecule has 0 atom stereocenters. The average molecular weight is 461 g/mol. The smallest absolute Gasteiger partial charge is 0.298 e. The fraction of sp³-hybridized carbons (Fsp3) is 0.524. The zero-order valence-electron chi connectivity index (χ0n) is 17.5. The van der Waals surface area contributed by atoms with Crippen LogP contribution in [0.3, 0.4) is 0 Å². The van der Waals surface area contributed by atoms with E-state index in [1.165, 1.54) is 11.3 Å². The molecule has 0 bridgehead atoms. The lowest BCUT2D eigenvalue weighted by atomic mass is 10.2. The Morgan fingerprint density at radius 2 is 2.10 bits per heavy atom. The summed E-state index contributed by atoms with van der Waals surface area (Å²) in [6, 6.07) is 3.86. The van der Waals surface area contributed by atoms with Gasteiger partial charge in [0.25, 0.3) is 5.91 Å². The second kappa shape index (κ2) is 8.82. The summed E-state index contributed by atoms with van der Waals surface area (Å²) in [6.45, 7) is 7.66. The zero-order chi connectivity index (χ0) is 21.4. The fourth-order valence-electron chi connectivity index (χ4n) is 4.19. The fourth-order valence-corrected chi connectivity index (χ4v) is 5.40. The van der Waals surface area contributed by atoms with Crippen LogP contribution in [0.1, 0.15) is 34.8 Å². The van der Waals surface area contributed by atoms with E-state index in [2.05, 4.69) is 15.1 Å². The molecule has 2 aromatic heterocycles. The minimum Gasteiger partial charge on any atom is -0.379 e. The summed E-state index contributed by atoms with van der Waals surface area (Å²) in [7, 11) is 0. The molecule has 10 heteroatoms. The van der Waals surface area contributed by atoms with Gasteiger partial charge in [-0.2, -0.15) is 0 Å². The van der Waals surface area contributed by atoms with Crippen molar-refractivity contribution in [3.8, 4) is 0 Å². The average Bonchev–Trinajstić information content (AvgIpc) is 3.50. The summed E-state index contributed by atoms with van der Waals surface area (Å²) in [5.41, 5.74) is 1.79. The van der Waals surface area contributed by atoms with Crippen LogP contribution in [0.4, 0.5) is 5.13 Å². The minimum absolute atomic E-state index is 0.134. The van der Waals surface area contributed by atoms with E-state index in [1.54, 1.807) is 4.90 Å². The first kappa shape index (κ1) is 20.8. The number of anilines is 1. The number of rotatable bonds is 6. The van der Waals surface area contributed by atoms with Crippen molar-refractivity contribution < 1.29 is 9.53 Å². The van der Waals surface area contributed by atoms with Gasteiger partial charge in [-0.05, 0) is 37.5 Å². The maximum absolute atomic E-state index is 13.6. The normalized spacial score (nSPS) is 16.7. The molecule has 5 rings (SSSR count). The molecule has 31 heavy (non-hydrogen) atoms. The number of thiazole rings is 1. The molecule has 164 valence electrons. The third kappa shape index (κ3) is 4.07. The number of aromatic nitrogens is 4. The molecule has 0 radical (unpaired) electrons. The standard InChI is InChI=1S/C21H25ClN6O2S/c1-14-15(22)5-6-16-18(14)23-21(31-16)28(9-3-7-26-10-12-30-13-11-26)20(29)19-25-24-17-4-2-8-27(17)19/h5-6H,2-4,7-13H2,1H3. The largest absolute Gasteiger partial charge is 0.379 e. The summed E-state index contributed by atoms with van der Waals surface area (Å²) in [5, 5.41) is 9.81. The van der Waals surface area contributed by atoms with Crippen LogP contribution in [-0.2, 0) is 17.7 Å². The molecule has 0 saturated carbocycles. The van der Waals surface area contributed by atoms with Crippen molar-refractivity contribution in [3.05, 3.63) is 34.4 Å². The quantitative estimate of drug-likeness (QED) is 0.562. The summed E-state index contributed by atoms with van der Waals surface area (Å²) in [6.07, 6.45) is 2.72. The molecule has 1 fully saturated rings. The number of nitrogens with zero attached hydrogens (tertiary/aromatic N) is 6. The number of hydrogen-bond donors (Lipinski definition) is 0. The molecule has 0 aliphatic carbocycles. The molecular weight excluding hydrogens is 436 g/mol. The first-order valence-corrected chi connectivity index (χ1v) is 11.9. The first-order valence-electron chi connectivity index (χ1n) is 10.7. The number of fused-ring (bicyclic) bond motifs is 2. The van der Waals surface area contributed by atoms with Gasteiger partial charge in [-0.3, -0.25) is 14.6 Å². The van der Waals surface area contributed by atoms with Gasteiger partial charge < -0.3 is 9.30 Å². The molecule has 1 aromatic carbocycles. The second-order valence-electron chi connectivity index (χ2n) is 7.97. The van der Waals surface area contributed by atoms with E-state index in [0.717, 1.165) is 80.3 Å². The zero-order valence-corrected chi connectivity index (χ0v) is 19.1. The van der Waals surface area contributed by atoms with Crippen molar-refractivity contribution in [1.29, 1.82) is 0 Å². The molecule has 1 amide bonds. The Balaban J connectivity index is 1.43. The van der Waals surface area contributed by atoms with Gasteiger partial charge in [-0.15, -0.1) is 10.2 Å². The highest BCUT2D eigenvalue weighted by Crippen LogP contribution is 2.34. The predicted octanol–water partition coefficient (Wildman–Crippen LogP) is 3.16. The van der Waals surface area contributed by atoms with Crippen molar-refractivity contribution >= 4 is 44.2 Å². The van der Waals surface area contributed by atoms with Gasteiger partial charge in [0.2, 0.25) is 5.82 Å². The lowest BCUT2D eigenvalue weighted by molar-refractivity contribution is 0.0376. The number of carbonyl (C=O) groups excluding carboxylic acids is 1. The van der Waals surface area contributed by atoms with Crippen LogP contribution >= 0.6 is 22.9 Å². The molecule has 2 aliphatic heterocycles. The summed E-state index contributed by atoms with van der Waals surface area (Å²) in [4.78, 5) is 22.5. The number of amides is 1. The SMILES string of the molecule is Cc1c(Cl)ccc2sc(N(CCCN3CCOCC3)C(=O)c3nnc4n3CCC4)nc12. The summed E-state index contributed by atoms with van der Waals surface area (Å²) >= 11 is 7.82. The van der Waals surface area contributed by atoms with Gasteiger partial charge in [-0.1, -0.05) is 22.9 Å². The van der Waals surface area contributed by atoms with E-state index in [0.29, 0.717) is 22.5 Å². The van der Waals surface area contributed by atoms with Crippen molar-refractivity contribution in [2.75, 3.05) is 44.3 Å². The lowest BCUT2D eigenvalue weighted by Crippen LogP contribution is -2.39. The van der Waals surface area contributed by atoms with Gasteiger partial charge in [0.05, 0.1) is 23.4 Å². The van der Waals surface area contributed by atoms with Gasteiger partial charge in [0.15, 0.2) is 5.13 Å². The number of benzene rings is 1. The number of halogens is 1. The third-order valence-corrected chi connectivity index (χ3v) is 7.43. The Morgan fingerprint density at radius 1 is 1.26 bits per heavy atom. The Labute approximate surface area is 189 Å². The maximum Gasteiger partial charge on any atom is 0.298 e. The van der Waals surface area contributed by atoms with Gasteiger partial charge in [0.1, 0.15) is 5.82 Å². The van der Waals surface area contributed by atoms with Crippen molar-refractivity contribution in [2.24, 2.45) is 0 Å². The van der Waals surface area contributed by atoms with Crippen molar-refractivity contribution in [2.45, 2.75) is 32.7 Å². The first-order chi connectivity index (χ1) is 15.1. The van der Waals surface area contributed by atoms with E-state index in [1.807, 2.05) is 23.6 Å². The Kier molecular flexibility index (Phi) is 5.92. The highest BCUT2D eigenvalue weighted by atomic mass is 35.5. The molecule has 1 saturated heterocycles. The highest BCUT2D eigenvalue weighted by molar-refractivity contribution is 7.22. The lowest BCUT2D eigenvalue weighted by Gasteiger charge is -2.27. The Morgan fingerprint density at radius 3 is 2.94 bits per heavy atom. The van der Waals surface area contributed by atoms with Crippen LogP contribution in [0.2, 0.25) is 5.02 Å². The van der Waals surface area contributed by atoms with Crippen molar-refractivity contribution in [1.82, 2.24) is 24.6 Å². The van der Waals surface area contributed by atoms with E-state index in [9.17, 15) is 4.79 Å². The molecular formula is C21H25ClN6O2S. The van der Waals surface area contributed by atoms with Gasteiger partial charge in [-0.25, -0.2) is 4.98 Å². The van der Waals surface area contributed by atoms with Crippen LogP contribution in [-0.4, -0.2) is 69.9 Å². The molecule has 2 aliphatic rings. The third-order valence-electron chi connectivity index (χ3n) is 5.97.